The van der Waals surface area contributed by atoms with Gasteiger partial charge in [-0.3, -0.25) is 14.5 Å². The molecular weight excluding hydrogens is 320 g/mol. The molecule has 1 saturated heterocycles. The minimum Gasteiger partial charge on any atom is -0.466 e. The fraction of sp³-hybridized carbons (Fsp3) is 0.579. The molecule has 1 fully saturated rings. The van der Waals surface area contributed by atoms with E-state index >= 15 is 0 Å². The molecule has 1 aliphatic heterocycles. The van der Waals surface area contributed by atoms with Crippen LogP contribution in [0.2, 0.25) is 0 Å². The van der Waals surface area contributed by atoms with Gasteiger partial charge in [-0.15, -0.1) is 0 Å². The van der Waals surface area contributed by atoms with Gasteiger partial charge in [-0.2, -0.15) is 0 Å². The van der Waals surface area contributed by atoms with Crippen LogP contribution >= 0.6 is 0 Å². The first-order chi connectivity index (χ1) is 12.2. The van der Waals surface area contributed by atoms with Crippen molar-refractivity contribution in [3.05, 3.63) is 35.9 Å². The zero-order valence-corrected chi connectivity index (χ0v) is 15.0. The Morgan fingerprint density at radius 3 is 2.56 bits per heavy atom. The van der Waals surface area contributed by atoms with Crippen LogP contribution in [0.4, 0.5) is 0 Å². The third-order valence-corrected chi connectivity index (χ3v) is 4.23. The first-order valence-electron chi connectivity index (χ1n) is 8.96. The Bertz CT molecular complexity index is 529. The lowest BCUT2D eigenvalue weighted by atomic mass is 10.1. The molecule has 1 aromatic carbocycles. The SMILES string of the molecule is CCOC(=O)CCN(CCN1CCOCC1)C(=O)Cc1ccccc1. The first kappa shape index (κ1) is 19.4. The number of rotatable bonds is 9. The molecule has 0 aliphatic carbocycles. The highest BCUT2D eigenvalue weighted by molar-refractivity contribution is 5.79. The number of carbonyl (C=O) groups excluding carboxylic acids is 2. The lowest BCUT2D eigenvalue weighted by Crippen LogP contribution is -2.44. The maximum absolute atomic E-state index is 12.7. The van der Waals surface area contributed by atoms with E-state index in [0.717, 1.165) is 38.4 Å². The van der Waals surface area contributed by atoms with E-state index in [2.05, 4.69) is 4.90 Å². The van der Waals surface area contributed by atoms with Crippen LogP contribution in [0.15, 0.2) is 30.3 Å². The number of benzene rings is 1. The van der Waals surface area contributed by atoms with Gasteiger partial charge in [0.05, 0.1) is 32.7 Å². The van der Waals surface area contributed by atoms with Gasteiger partial charge in [0, 0.05) is 32.7 Å². The number of esters is 1. The Morgan fingerprint density at radius 1 is 1.16 bits per heavy atom. The molecule has 6 nitrogen and oxygen atoms in total. The van der Waals surface area contributed by atoms with E-state index in [1.807, 2.05) is 30.3 Å². The van der Waals surface area contributed by atoms with E-state index in [9.17, 15) is 9.59 Å². The molecule has 0 aromatic heterocycles. The average Bonchev–Trinajstić information content (AvgIpc) is 2.63. The van der Waals surface area contributed by atoms with Crippen molar-refractivity contribution in [3.8, 4) is 0 Å². The molecule has 2 rings (SSSR count). The van der Waals surface area contributed by atoms with Gasteiger partial charge in [0.25, 0.3) is 0 Å². The number of carbonyl (C=O) groups is 2. The summed E-state index contributed by atoms with van der Waals surface area (Å²) in [5, 5.41) is 0. The zero-order valence-electron chi connectivity index (χ0n) is 15.0. The highest BCUT2D eigenvalue weighted by Gasteiger charge is 2.18. The van der Waals surface area contributed by atoms with Crippen LogP contribution < -0.4 is 0 Å². The molecule has 1 amide bonds. The van der Waals surface area contributed by atoms with Crippen molar-refractivity contribution < 1.29 is 19.1 Å². The maximum Gasteiger partial charge on any atom is 0.307 e. The molecule has 0 atom stereocenters. The first-order valence-corrected chi connectivity index (χ1v) is 8.96. The van der Waals surface area contributed by atoms with Crippen molar-refractivity contribution >= 4 is 11.9 Å². The van der Waals surface area contributed by atoms with Crippen LogP contribution in [-0.2, 0) is 25.5 Å². The van der Waals surface area contributed by atoms with Crippen LogP contribution in [0.25, 0.3) is 0 Å². The van der Waals surface area contributed by atoms with Crippen LogP contribution in [0, 0.1) is 0 Å². The number of amides is 1. The summed E-state index contributed by atoms with van der Waals surface area (Å²) in [7, 11) is 0. The predicted molar refractivity (Wildman–Crippen MR) is 95.2 cm³/mol. The lowest BCUT2D eigenvalue weighted by Gasteiger charge is -2.30. The molecule has 1 aliphatic rings. The lowest BCUT2D eigenvalue weighted by molar-refractivity contribution is -0.144. The minimum atomic E-state index is -0.258. The minimum absolute atomic E-state index is 0.0451. The van der Waals surface area contributed by atoms with Gasteiger partial charge in [0.1, 0.15) is 0 Å². The Morgan fingerprint density at radius 2 is 1.88 bits per heavy atom. The largest absolute Gasteiger partial charge is 0.466 e. The van der Waals surface area contributed by atoms with E-state index < -0.39 is 0 Å². The molecule has 0 unspecified atom stereocenters. The molecule has 1 aromatic rings. The van der Waals surface area contributed by atoms with Gasteiger partial charge in [0.2, 0.25) is 5.91 Å². The van der Waals surface area contributed by atoms with Gasteiger partial charge in [-0.05, 0) is 12.5 Å². The van der Waals surface area contributed by atoms with Crippen molar-refractivity contribution in [1.82, 2.24) is 9.80 Å². The Labute approximate surface area is 149 Å². The molecular formula is C19H28N2O4. The Kier molecular flexibility index (Phi) is 8.42. The van der Waals surface area contributed by atoms with Gasteiger partial charge in [-0.25, -0.2) is 0 Å². The summed E-state index contributed by atoms with van der Waals surface area (Å²) in [4.78, 5) is 28.4. The summed E-state index contributed by atoms with van der Waals surface area (Å²) < 4.78 is 10.3. The molecule has 0 saturated carbocycles. The fourth-order valence-electron chi connectivity index (χ4n) is 2.79. The van der Waals surface area contributed by atoms with E-state index in [4.69, 9.17) is 9.47 Å². The highest BCUT2D eigenvalue weighted by atomic mass is 16.5. The quantitative estimate of drug-likeness (QED) is 0.631. The average molecular weight is 348 g/mol. The van der Waals surface area contributed by atoms with Crippen molar-refractivity contribution in [1.29, 1.82) is 0 Å². The predicted octanol–water partition coefficient (Wildman–Crippen LogP) is 1.34. The number of ether oxygens (including phenoxy) is 2. The highest BCUT2D eigenvalue weighted by Crippen LogP contribution is 2.06. The molecule has 25 heavy (non-hydrogen) atoms. The van der Waals surface area contributed by atoms with Gasteiger partial charge >= 0.3 is 5.97 Å². The number of morpholine rings is 1. The second-order valence-corrected chi connectivity index (χ2v) is 6.05. The molecule has 1 heterocycles. The van der Waals surface area contributed by atoms with Crippen molar-refractivity contribution in [2.24, 2.45) is 0 Å². The molecule has 0 spiro atoms. The van der Waals surface area contributed by atoms with Crippen molar-refractivity contribution in [3.63, 3.8) is 0 Å². The van der Waals surface area contributed by atoms with Crippen molar-refractivity contribution in [2.75, 3.05) is 52.5 Å². The molecule has 138 valence electrons. The van der Waals surface area contributed by atoms with Gasteiger partial charge in [-0.1, -0.05) is 30.3 Å². The number of nitrogens with zero attached hydrogens (tertiary/aromatic N) is 2. The fourth-order valence-corrected chi connectivity index (χ4v) is 2.79. The Balaban J connectivity index is 1.89. The van der Waals surface area contributed by atoms with Gasteiger partial charge < -0.3 is 14.4 Å². The summed E-state index contributed by atoms with van der Waals surface area (Å²) in [6, 6.07) is 9.69. The standard InChI is InChI=1S/C19H28N2O4/c1-2-25-19(23)8-9-21(11-10-20-12-14-24-15-13-20)18(22)16-17-6-4-3-5-7-17/h3-7H,2,8-16H2,1H3. The summed E-state index contributed by atoms with van der Waals surface area (Å²) >= 11 is 0. The summed E-state index contributed by atoms with van der Waals surface area (Å²) in [6.45, 7) is 7.21. The van der Waals surface area contributed by atoms with Gasteiger partial charge in [0.15, 0.2) is 0 Å². The molecule has 6 heteroatoms. The zero-order chi connectivity index (χ0) is 17.9. The maximum atomic E-state index is 12.7. The second-order valence-electron chi connectivity index (χ2n) is 6.05. The molecule has 0 radical (unpaired) electrons. The summed E-state index contributed by atoms with van der Waals surface area (Å²) in [6.07, 6.45) is 0.588. The number of hydrogen-bond donors (Lipinski definition) is 0. The smallest absolute Gasteiger partial charge is 0.307 e. The summed E-state index contributed by atoms with van der Waals surface area (Å²) in [5.74, 6) is -0.213. The third-order valence-electron chi connectivity index (χ3n) is 4.23. The van der Waals surface area contributed by atoms with Crippen LogP contribution in [0.3, 0.4) is 0 Å². The van der Waals surface area contributed by atoms with Crippen molar-refractivity contribution in [2.45, 2.75) is 19.8 Å². The molecule has 0 bridgehead atoms. The van der Waals surface area contributed by atoms with Crippen LogP contribution in [-0.4, -0.2) is 74.2 Å². The van der Waals surface area contributed by atoms with E-state index in [1.165, 1.54) is 0 Å². The number of hydrogen-bond acceptors (Lipinski definition) is 5. The summed E-state index contributed by atoms with van der Waals surface area (Å²) in [5.41, 5.74) is 0.986. The third kappa shape index (κ3) is 7.23. The van der Waals surface area contributed by atoms with E-state index in [0.29, 0.717) is 26.1 Å². The van der Waals surface area contributed by atoms with E-state index in [1.54, 1.807) is 11.8 Å². The van der Waals surface area contributed by atoms with E-state index in [-0.39, 0.29) is 18.3 Å². The van der Waals surface area contributed by atoms with Crippen LogP contribution in [0.5, 0.6) is 0 Å². The van der Waals surface area contributed by atoms with Crippen LogP contribution in [0.1, 0.15) is 18.9 Å². The topological polar surface area (TPSA) is 59.1 Å². The Hall–Kier alpha value is -1.92. The monoisotopic (exact) mass is 348 g/mol. The second kappa shape index (κ2) is 10.8. The molecule has 0 N–H and O–H groups in total. The normalized spacial score (nSPS) is 14.9.